The van der Waals surface area contributed by atoms with Crippen LogP contribution in [0.1, 0.15) is 22.9 Å². The Labute approximate surface area is 113 Å². The molecule has 0 bridgehead atoms. The molecule has 0 N–H and O–H groups in total. The van der Waals surface area contributed by atoms with Crippen LogP contribution in [0.2, 0.25) is 0 Å². The number of carbonyl (C=O) groups is 1. The molecule has 1 aromatic rings. The zero-order valence-corrected chi connectivity index (χ0v) is 11.9. The fourth-order valence-electron chi connectivity index (χ4n) is 1.13. The van der Waals surface area contributed by atoms with Gasteiger partial charge in [0.1, 0.15) is 5.78 Å². The van der Waals surface area contributed by atoms with Gasteiger partial charge < -0.3 is 0 Å². The summed E-state index contributed by atoms with van der Waals surface area (Å²) in [5.74, 6) is -0.225. The molecule has 1 nitrogen and oxygen atoms in total. The molecule has 6 heteroatoms. The van der Waals surface area contributed by atoms with Crippen LogP contribution < -0.4 is 0 Å². The fourth-order valence-corrected chi connectivity index (χ4v) is 2.59. The van der Waals surface area contributed by atoms with Gasteiger partial charge >= 0.3 is 6.18 Å². The second-order valence-electron chi connectivity index (χ2n) is 3.21. The van der Waals surface area contributed by atoms with Crippen molar-refractivity contribution in [2.45, 2.75) is 17.9 Å². The first kappa shape index (κ1) is 14.0. The maximum atomic E-state index is 12.5. The summed E-state index contributed by atoms with van der Waals surface area (Å²) >= 11 is 4.98. The number of benzene rings is 1. The molecule has 0 aliphatic rings. The summed E-state index contributed by atoms with van der Waals surface area (Å²) < 4.78 is 38.0. The molecular formula is C10H7BrF3IO. The highest BCUT2D eigenvalue weighted by Gasteiger charge is 2.31. The van der Waals surface area contributed by atoms with Crippen LogP contribution >= 0.6 is 38.5 Å². The van der Waals surface area contributed by atoms with Crippen LogP contribution in [-0.4, -0.2) is 5.78 Å². The van der Waals surface area contributed by atoms with Crippen LogP contribution in [0.3, 0.4) is 0 Å². The average Bonchev–Trinajstić information content (AvgIpc) is 2.15. The van der Waals surface area contributed by atoms with Crippen molar-refractivity contribution in [2.24, 2.45) is 0 Å². The highest BCUT2D eigenvalue weighted by atomic mass is 127. The Balaban J connectivity index is 3.24. The number of rotatable bonds is 2. The van der Waals surface area contributed by atoms with Crippen molar-refractivity contribution in [1.82, 2.24) is 0 Å². The fraction of sp³-hybridized carbons (Fsp3) is 0.300. The van der Waals surface area contributed by atoms with E-state index in [9.17, 15) is 18.0 Å². The van der Waals surface area contributed by atoms with E-state index in [0.29, 0.717) is 9.13 Å². The lowest BCUT2D eigenvalue weighted by Gasteiger charge is -2.13. The average molecular weight is 407 g/mol. The highest BCUT2D eigenvalue weighted by molar-refractivity contribution is 14.1. The van der Waals surface area contributed by atoms with Gasteiger partial charge in [0.25, 0.3) is 0 Å². The van der Waals surface area contributed by atoms with Crippen LogP contribution in [0.5, 0.6) is 0 Å². The van der Waals surface area contributed by atoms with Crippen molar-refractivity contribution < 1.29 is 18.0 Å². The molecule has 0 fully saturated rings. The van der Waals surface area contributed by atoms with Crippen molar-refractivity contribution >= 4 is 44.3 Å². The number of halogens is 5. The van der Waals surface area contributed by atoms with Crippen LogP contribution in [0.25, 0.3) is 0 Å². The maximum Gasteiger partial charge on any atom is 0.416 e. The Bertz CT molecular complexity index is 417. The van der Waals surface area contributed by atoms with Crippen LogP contribution in [0.15, 0.2) is 18.2 Å². The first-order chi connectivity index (χ1) is 7.23. The van der Waals surface area contributed by atoms with Gasteiger partial charge in [-0.2, -0.15) is 13.2 Å². The summed E-state index contributed by atoms with van der Waals surface area (Å²) in [6, 6.07) is 3.36. The number of hydrogen-bond acceptors (Lipinski definition) is 1. The zero-order chi connectivity index (χ0) is 12.5. The van der Waals surface area contributed by atoms with Gasteiger partial charge in [-0.05, 0) is 53.3 Å². The van der Waals surface area contributed by atoms with E-state index in [-0.39, 0.29) is 5.78 Å². The minimum absolute atomic E-state index is 0.225. The first-order valence-corrected chi connectivity index (χ1v) is 6.24. The van der Waals surface area contributed by atoms with E-state index in [1.165, 1.54) is 13.0 Å². The van der Waals surface area contributed by atoms with E-state index in [2.05, 4.69) is 15.9 Å². The summed E-state index contributed by atoms with van der Waals surface area (Å²) in [7, 11) is 0. The predicted octanol–water partition coefficient (Wildman–Crippen LogP) is 4.34. The molecule has 0 amide bonds. The lowest BCUT2D eigenvalue weighted by molar-refractivity contribution is -0.137. The van der Waals surface area contributed by atoms with Crippen LogP contribution in [0.4, 0.5) is 13.2 Å². The number of hydrogen-bond donors (Lipinski definition) is 0. The molecule has 1 rings (SSSR count). The van der Waals surface area contributed by atoms with E-state index in [1.54, 1.807) is 0 Å². The number of Topliss-reactive ketones (excluding diaryl/α,β-unsaturated/α-hetero) is 1. The van der Waals surface area contributed by atoms with E-state index >= 15 is 0 Å². The summed E-state index contributed by atoms with van der Waals surface area (Å²) in [5, 5.41) is 0. The van der Waals surface area contributed by atoms with Crippen molar-refractivity contribution in [1.29, 1.82) is 0 Å². The Morgan fingerprint density at radius 2 is 2.00 bits per heavy atom. The van der Waals surface area contributed by atoms with E-state index in [1.807, 2.05) is 22.6 Å². The van der Waals surface area contributed by atoms with E-state index in [0.717, 1.165) is 12.1 Å². The smallest absolute Gasteiger partial charge is 0.298 e. The molecule has 1 unspecified atom stereocenters. The van der Waals surface area contributed by atoms with Gasteiger partial charge in [-0.3, -0.25) is 4.79 Å². The molecule has 0 saturated heterocycles. The summed E-state index contributed by atoms with van der Waals surface area (Å²) in [4.78, 5) is 10.4. The third-order valence-electron chi connectivity index (χ3n) is 1.95. The van der Waals surface area contributed by atoms with Gasteiger partial charge in [0, 0.05) is 3.57 Å². The lowest BCUT2D eigenvalue weighted by Crippen LogP contribution is -2.09. The molecule has 88 valence electrons. The summed E-state index contributed by atoms with van der Waals surface area (Å²) in [6.45, 7) is 1.33. The number of ketones is 1. The van der Waals surface area contributed by atoms with Gasteiger partial charge in [0.2, 0.25) is 0 Å². The normalized spacial score (nSPS) is 13.6. The maximum absolute atomic E-state index is 12.5. The Morgan fingerprint density at radius 1 is 1.44 bits per heavy atom. The lowest BCUT2D eigenvalue weighted by atomic mass is 10.1. The molecule has 16 heavy (non-hydrogen) atoms. The molecule has 0 heterocycles. The first-order valence-electron chi connectivity index (χ1n) is 4.24. The topological polar surface area (TPSA) is 17.1 Å². The van der Waals surface area contributed by atoms with Crippen LogP contribution in [0, 0.1) is 3.57 Å². The second kappa shape index (κ2) is 5.03. The molecule has 0 saturated carbocycles. The highest BCUT2D eigenvalue weighted by Crippen LogP contribution is 2.35. The molecule has 0 aliphatic heterocycles. The largest absolute Gasteiger partial charge is 0.416 e. The SMILES string of the molecule is CC(=O)C(Br)c1cc(C(F)(F)F)ccc1I. The molecule has 0 aromatic heterocycles. The summed E-state index contributed by atoms with van der Waals surface area (Å²) in [6.07, 6.45) is -4.39. The Morgan fingerprint density at radius 3 is 2.44 bits per heavy atom. The van der Waals surface area contributed by atoms with Crippen molar-refractivity contribution in [3.8, 4) is 0 Å². The second-order valence-corrected chi connectivity index (χ2v) is 5.29. The molecular weight excluding hydrogens is 400 g/mol. The third-order valence-corrected chi connectivity index (χ3v) is 4.07. The molecule has 0 aliphatic carbocycles. The standard InChI is InChI=1S/C10H7BrF3IO/c1-5(16)9(11)7-4-6(10(12,13)14)2-3-8(7)15/h2-4,9H,1H3. The van der Waals surface area contributed by atoms with Gasteiger partial charge in [-0.15, -0.1) is 0 Å². The van der Waals surface area contributed by atoms with Gasteiger partial charge in [0.05, 0.1) is 10.4 Å². The van der Waals surface area contributed by atoms with Crippen molar-refractivity contribution in [3.63, 3.8) is 0 Å². The van der Waals surface area contributed by atoms with Gasteiger partial charge in [-0.1, -0.05) is 15.9 Å². The Kier molecular flexibility index (Phi) is 4.39. The monoisotopic (exact) mass is 406 g/mol. The molecule has 0 radical (unpaired) electrons. The van der Waals surface area contributed by atoms with Gasteiger partial charge in [0.15, 0.2) is 0 Å². The molecule has 0 spiro atoms. The molecule has 1 aromatic carbocycles. The van der Waals surface area contributed by atoms with E-state index in [4.69, 9.17) is 0 Å². The van der Waals surface area contributed by atoms with E-state index < -0.39 is 16.6 Å². The molecule has 1 atom stereocenters. The summed E-state index contributed by atoms with van der Waals surface area (Å²) in [5.41, 5.74) is -0.392. The minimum Gasteiger partial charge on any atom is -0.298 e. The zero-order valence-electron chi connectivity index (χ0n) is 8.11. The van der Waals surface area contributed by atoms with Crippen molar-refractivity contribution in [3.05, 3.63) is 32.9 Å². The third kappa shape index (κ3) is 3.19. The quantitative estimate of drug-likeness (QED) is 0.527. The minimum atomic E-state index is -4.39. The number of alkyl halides is 4. The van der Waals surface area contributed by atoms with Crippen molar-refractivity contribution in [2.75, 3.05) is 0 Å². The number of carbonyl (C=O) groups excluding carboxylic acids is 1. The Hall–Kier alpha value is -0.110. The predicted molar refractivity (Wildman–Crippen MR) is 66.5 cm³/mol. The van der Waals surface area contributed by atoms with Crippen LogP contribution in [-0.2, 0) is 11.0 Å². The van der Waals surface area contributed by atoms with Gasteiger partial charge in [-0.25, -0.2) is 0 Å².